The third-order valence-electron chi connectivity index (χ3n) is 7.90. The zero-order valence-corrected chi connectivity index (χ0v) is 18.5. The summed E-state index contributed by atoms with van der Waals surface area (Å²) < 4.78 is 0. The highest BCUT2D eigenvalue weighted by molar-refractivity contribution is 4.96. The van der Waals surface area contributed by atoms with Crippen LogP contribution in [0.3, 0.4) is 0 Å². The van der Waals surface area contributed by atoms with Crippen molar-refractivity contribution < 1.29 is 5.11 Å². The Morgan fingerprint density at radius 2 is 1.15 bits per heavy atom. The average Bonchev–Trinajstić information content (AvgIpc) is 2.76. The predicted molar refractivity (Wildman–Crippen MR) is 119 cm³/mol. The standard InChI is InChI=1S/C25H44.CH4O/c1-2-3-5-8-21-11-13-22(14-12-21)15-16-23-17-19-25(20-18-23)24-9-6-4-7-10-24;1-2/h15-16,21-25H,2-14,17-20H2,1H3;2H,1H3/b16-15+;/t21-,22-,23-,25-;. The highest BCUT2D eigenvalue weighted by Crippen LogP contribution is 2.40. The second-order valence-corrected chi connectivity index (χ2v) is 9.73. The van der Waals surface area contributed by atoms with Crippen LogP contribution < -0.4 is 0 Å². The van der Waals surface area contributed by atoms with E-state index in [0.717, 1.165) is 36.7 Å². The number of rotatable bonds is 7. The maximum absolute atomic E-state index is 7.00. The van der Waals surface area contributed by atoms with Gasteiger partial charge in [-0.15, -0.1) is 0 Å². The number of aliphatic hydroxyl groups excluding tert-OH is 1. The summed E-state index contributed by atoms with van der Waals surface area (Å²) in [5.74, 6) is 5.08. The maximum Gasteiger partial charge on any atom is 0.0319 e. The Morgan fingerprint density at radius 3 is 1.70 bits per heavy atom. The lowest BCUT2D eigenvalue weighted by molar-refractivity contribution is 0.179. The van der Waals surface area contributed by atoms with Gasteiger partial charge in [-0.2, -0.15) is 0 Å². The van der Waals surface area contributed by atoms with Crippen molar-refractivity contribution in [3.63, 3.8) is 0 Å². The van der Waals surface area contributed by atoms with Gasteiger partial charge in [-0.05, 0) is 81.0 Å². The van der Waals surface area contributed by atoms with Crippen molar-refractivity contribution in [1.29, 1.82) is 0 Å². The van der Waals surface area contributed by atoms with Gasteiger partial charge in [-0.3, -0.25) is 0 Å². The molecule has 0 radical (unpaired) electrons. The van der Waals surface area contributed by atoms with E-state index >= 15 is 0 Å². The van der Waals surface area contributed by atoms with Crippen LogP contribution in [0.2, 0.25) is 0 Å². The summed E-state index contributed by atoms with van der Waals surface area (Å²) in [6, 6.07) is 0. The summed E-state index contributed by atoms with van der Waals surface area (Å²) in [7, 11) is 1.00. The molecule has 3 aliphatic carbocycles. The van der Waals surface area contributed by atoms with Crippen molar-refractivity contribution in [2.45, 2.75) is 116 Å². The second-order valence-electron chi connectivity index (χ2n) is 9.73. The van der Waals surface area contributed by atoms with Gasteiger partial charge < -0.3 is 5.11 Å². The van der Waals surface area contributed by atoms with Crippen LogP contribution >= 0.6 is 0 Å². The van der Waals surface area contributed by atoms with Gasteiger partial charge in [0.2, 0.25) is 0 Å². The number of allylic oxidation sites excluding steroid dienone is 2. The first-order chi connectivity index (χ1) is 13.3. The van der Waals surface area contributed by atoms with Gasteiger partial charge in [0, 0.05) is 7.11 Å². The van der Waals surface area contributed by atoms with Crippen LogP contribution in [0.5, 0.6) is 0 Å². The summed E-state index contributed by atoms with van der Waals surface area (Å²) in [6.45, 7) is 2.32. The zero-order chi connectivity index (χ0) is 19.3. The Kier molecular flexibility index (Phi) is 11.8. The minimum absolute atomic E-state index is 0.915. The molecule has 3 fully saturated rings. The van der Waals surface area contributed by atoms with Gasteiger partial charge >= 0.3 is 0 Å². The highest BCUT2D eigenvalue weighted by Gasteiger charge is 2.28. The molecule has 0 saturated heterocycles. The predicted octanol–water partition coefficient (Wildman–Crippen LogP) is 7.92. The largest absolute Gasteiger partial charge is 0.400 e. The topological polar surface area (TPSA) is 20.2 Å². The lowest BCUT2D eigenvalue weighted by Crippen LogP contribution is -2.23. The van der Waals surface area contributed by atoms with Crippen molar-refractivity contribution in [1.82, 2.24) is 0 Å². The molecule has 0 aliphatic heterocycles. The molecule has 158 valence electrons. The third kappa shape index (κ3) is 8.30. The van der Waals surface area contributed by atoms with Gasteiger partial charge in [0.1, 0.15) is 0 Å². The summed E-state index contributed by atoms with van der Waals surface area (Å²) in [4.78, 5) is 0. The SMILES string of the molecule is CCCCC[C@H]1CC[C@H](/C=C/[C@H]2CC[C@H](C3CCCCC3)CC2)CC1.CO. The summed E-state index contributed by atoms with van der Waals surface area (Å²) in [6.07, 6.45) is 30.8. The van der Waals surface area contributed by atoms with E-state index in [4.69, 9.17) is 5.11 Å². The fourth-order valence-electron chi connectivity index (χ4n) is 6.08. The van der Waals surface area contributed by atoms with Crippen LogP contribution in [-0.2, 0) is 0 Å². The second kappa shape index (κ2) is 13.8. The first-order valence-corrected chi connectivity index (χ1v) is 12.5. The number of aliphatic hydroxyl groups is 1. The molecular weight excluding hydrogens is 328 g/mol. The van der Waals surface area contributed by atoms with E-state index in [1.165, 1.54) is 96.3 Å². The van der Waals surface area contributed by atoms with Crippen molar-refractivity contribution in [3.8, 4) is 0 Å². The lowest BCUT2D eigenvalue weighted by atomic mass is 9.71. The Labute approximate surface area is 170 Å². The summed E-state index contributed by atoms with van der Waals surface area (Å²) in [5, 5.41) is 7.00. The van der Waals surface area contributed by atoms with E-state index in [-0.39, 0.29) is 0 Å². The molecule has 3 saturated carbocycles. The molecule has 0 heterocycles. The van der Waals surface area contributed by atoms with Gasteiger partial charge in [0.05, 0.1) is 0 Å². The molecule has 0 unspecified atom stereocenters. The lowest BCUT2D eigenvalue weighted by Gasteiger charge is -2.35. The molecule has 1 N–H and O–H groups in total. The van der Waals surface area contributed by atoms with Crippen LogP contribution in [0, 0.1) is 29.6 Å². The van der Waals surface area contributed by atoms with Gasteiger partial charge in [-0.25, -0.2) is 0 Å². The minimum Gasteiger partial charge on any atom is -0.400 e. The van der Waals surface area contributed by atoms with Crippen LogP contribution in [0.25, 0.3) is 0 Å². The fourth-order valence-corrected chi connectivity index (χ4v) is 6.08. The average molecular weight is 377 g/mol. The van der Waals surface area contributed by atoms with Gasteiger partial charge in [0.25, 0.3) is 0 Å². The summed E-state index contributed by atoms with van der Waals surface area (Å²) >= 11 is 0. The number of hydrogen-bond donors (Lipinski definition) is 1. The first kappa shape index (κ1) is 23.0. The molecule has 0 aromatic carbocycles. The van der Waals surface area contributed by atoms with E-state index in [1.54, 1.807) is 12.8 Å². The summed E-state index contributed by atoms with van der Waals surface area (Å²) in [5.41, 5.74) is 0. The zero-order valence-electron chi connectivity index (χ0n) is 18.5. The number of hydrogen-bond acceptors (Lipinski definition) is 1. The Bertz CT molecular complexity index is 366. The normalized spacial score (nSPS) is 32.9. The molecule has 27 heavy (non-hydrogen) atoms. The van der Waals surface area contributed by atoms with Crippen LogP contribution in [0.4, 0.5) is 0 Å². The van der Waals surface area contributed by atoms with Crippen LogP contribution in [-0.4, -0.2) is 12.2 Å². The first-order valence-electron chi connectivity index (χ1n) is 12.5. The molecule has 1 heteroatoms. The van der Waals surface area contributed by atoms with Crippen LogP contribution in [0.15, 0.2) is 12.2 Å². The van der Waals surface area contributed by atoms with E-state index in [0.29, 0.717) is 0 Å². The highest BCUT2D eigenvalue weighted by atomic mass is 16.2. The molecule has 0 bridgehead atoms. The Hall–Kier alpha value is -0.300. The third-order valence-corrected chi connectivity index (χ3v) is 7.90. The van der Waals surface area contributed by atoms with E-state index < -0.39 is 0 Å². The van der Waals surface area contributed by atoms with Crippen molar-refractivity contribution in [3.05, 3.63) is 12.2 Å². The smallest absolute Gasteiger partial charge is 0.0319 e. The molecule has 0 aromatic rings. The van der Waals surface area contributed by atoms with E-state index in [9.17, 15) is 0 Å². The molecule has 3 aliphatic rings. The van der Waals surface area contributed by atoms with Crippen molar-refractivity contribution in [2.24, 2.45) is 29.6 Å². The van der Waals surface area contributed by atoms with Gasteiger partial charge in [0.15, 0.2) is 0 Å². The van der Waals surface area contributed by atoms with Crippen molar-refractivity contribution in [2.75, 3.05) is 7.11 Å². The molecule has 1 nitrogen and oxygen atoms in total. The molecule has 0 atom stereocenters. The molecule has 0 amide bonds. The van der Waals surface area contributed by atoms with E-state index in [2.05, 4.69) is 19.1 Å². The molecule has 0 aromatic heterocycles. The van der Waals surface area contributed by atoms with Gasteiger partial charge in [-0.1, -0.05) is 76.9 Å². The maximum atomic E-state index is 7.00. The van der Waals surface area contributed by atoms with E-state index in [1.807, 2.05) is 0 Å². The molecule has 0 spiro atoms. The monoisotopic (exact) mass is 376 g/mol. The Morgan fingerprint density at radius 1 is 0.630 bits per heavy atom. The fraction of sp³-hybridized carbons (Fsp3) is 0.923. The van der Waals surface area contributed by atoms with Crippen molar-refractivity contribution >= 4 is 0 Å². The Balaban J connectivity index is 0.00000126. The quantitative estimate of drug-likeness (QED) is 0.353. The molecule has 3 rings (SSSR count). The van der Waals surface area contributed by atoms with Crippen LogP contribution in [0.1, 0.15) is 116 Å². The minimum atomic E-state index is 0.915. The molecular formula is C26H48O. The number of unbranched alkanes of at least 4 members (excludes halogenated alkanes) is 2.